The number of ether oxygens (including phenoxy) is 1. The Morgan fingerprint density at radius 1 is 0.947 bits per heavy atom. The number of benzene rings is 3. The van der Waals surface area contributed by atoms with Gasteiger partial charge in [0.25, 0.3) is 0 Å². The third-order valence-corrected chi connectivity index (χ3v) is 7.30. The van der Waals surface area contributed by atoms with Crippen molar-refractivity contribution < 1.29 is 19.0 Å². The first-order chi connectivity index (χ1) is 18.3. The number of β-amino-alcohol motifs (C(OH)–C–C–N with tert-alkyl or cyclic N) is 1. The number of hydrogen-bond donors (Lipinski definition) is 1. The maximum absolute atomic E-state index is 13.2. The number of nitrogens with zero attached hydrogens (tertiary/aromatic N) is 3. The minimum absolute atomic E-state index is 0.00956. The van der Waals surface area contributed by atoms with Gasteiger partial charge >= 0.3 is 0 Å². The van der Waals surface area contributed by atoms with Crippen LogP contribution in [0.4, 0.5) is 10.1 Å². The zero-order valence-corrected chi connectivity index (χ0v) is 22.2. The molecular weight excluding hydrogens is 481 g/mol. The summed E-state index contributed by atoms with van der Waals surface area (Å²) in [6.45, 7) is 9.56. The van der Waals surface area contributed by atoms with Crippen LogP contribution in [0.1, 0.15) is 28.5 Å². The van der Waals surface area contributed by atoms with Crippen LogP contribution < -0.4 is 9.64 Å². The molecule has 1 aliphatic heterocycles. The minimum Gasteiger partial charge on any atom is -0.491 e. The summed E-state index contributed by atoms with van der Waals surface area (Å²) in [7, 11) is 0. The molecule has 0 spiro atoms. The number of Topliss-reactive ketones (excluding diaryl/α,β-unsaturated/α-hetero) is 1. The Kier molecular flexibility index (Phi) is 7.49. The molecule has 0 bridgehead atoms. The van der Waals surface area contributed by atoms with Crippen molar-refractivity contribution in [3.8, 4) is 11.4 Å². The molecule has 1 atom stereocenters. The van der Waals surface area contributed by atoms with E-state index in [1.807, 2.05) is 25.1 Å². The smallest absolute Gasteiger partial charge is 0.162 e. The predicted molar refractivity (Wildman–Crippen MR) is 149 cm³/mol. The topological polar surface area (TPSA) is 57.9 Å². The van der Waals surface area contributed by atoms with Crippen LogP contribution in [-0.4, -0.2) is 65.8 Å². The second-order valence-electron chi connectivity index (χ2n) is 10.1. The summed E-state index contributed by atoms with van der Waals surface area (Å²) in [5.41, 5.74) is 5.73. The lowest BCUT2D eigenvalue weighted by Gasteiger charge is -2.36. The number of piperazine rings is 1. The molecule has 0 amide bonds. The first-order valence-corrected chi connectivity index (χ1v) is 13.1. The molecule has 1 aliphatic rings. The molecular formula is C31H34FN3O3. The van der Waals surface area contributed by atoms with E-state index in [4.69, 9.17) is 4.74 Å². The Morgan fingerprint density at radius 2 is 1.61 bits per heavy atom. The van der Waals surface area contributed by atoms with Crippen molar-refractivity contribution in [3.05, 3.63) is 89.4 Å². The summed E-state index contributed by atoms with van der Waals surface area (Å²) in [4.78, 5) is 17.0. The highest BCUT2D eigenvalue weighted by Gasteiger charge is 2.21. The number of hydrogen-bond acceptors (Lipinski definition) is 5. The summed E-state index contributed by atoms with van der Waals surface area (Å²) in [5, 5.41) is 11.5. The van der Waals surface area contributed by atoms with Gasteiger partial charge in [0, 0.05) is 60.7 Å². The zero-order valence-electron chi connectivity index (χ0n) is 22.2. The number of carbonyl (C=O) groups is 1. The summed E-state index contributed by atoms with van der Waals surface area (Å²) < 4.78 is 21.3. The maximum Gasteiger partial charge on any atom is 0.162 e. The van der Waals surface area contributed by atoms with Crippen LogP contribution in [0.3, 0.4) is 0 Å². The van der Waals surface area contributed by atoms with Crippen LogP contribution in [-0.2, 0) is 0 Å². The molecule has 0 aliphatic carbocycles. The van der Waals surface area contributed by atoms with Crippen LogP contribution in [0.2, 0.25) is 0 Å². The van der Waals surface area contributed by atoms with E-state index in [-0.39, 0.29) is 18.2 Å². The van der Waals surface area contributed by atoms with Crippen molar-refractivity contribution >= 4 is 22.4 Å². The van der Waals surface area contributed by atoms with Crippen molar-refractivity contribution in [2.45, 2.75) is 26.9 Å². The largest absolute Gasteiger partial charge is 0.491 e. The normalized spacial score (nSPS) is 15.1. The zero-order chi connectivity index (χ0) is 26.8. The van der Waals surface area contributed by atoms with Crippen molar-refractivity contribution in [1.82, 2.24) is 9.47 Å². The van der Waals surface area contributed by atoms with Gasteiger partial charge in [-0.25, -0.2) is 4.39 Å². The number of aliphatic hydroxyl groups is 1. The van der Waals surface area contributed by atoms with E-state index in [0.29, 0.717) is 17.9 Å². The second kappa shape index (κ2) is 11.0. The first kappa shape index (κ1) is 25.9. The number of halogens is 1. The average Bonchev–Trinajstić information content (AvgIpc) is 3.20. The molecule has 4 aromatic rings. The van der Waals surface area contributed by atoms with Gasteiger partial charge in [-0.05, 0) is 75.4 Å². The number of aromatic nitrogens is 1. The van der Waals surface area contributed by atoms with Gasteiger partial charge in [0.15, 0.2) is 5.78 Å². The molecule has 1 aromatic heterocycles. The fourth-order valence-electron chi connectivity index (χ4n) is 5.34. The number of aliphatic hydroxyl groups excluding tert-OH is 1. The molecule has 198 valence electrons. The van der Waals surface area contributed by atoms with Gasteiger partial charge in [-0.15, -0.1) is 0 Å². The van der Waals surface area contributed by atoms with Gasteiger partial charge in [0.2, 0.25) is 0 Å². The molecule has 6 nitrogen and oxygen atoms in total. The summed E-state index contributed by atoms with van der Waals surface area (Å²) >= 11 is 0. The van der Waals surface area contributed by atoms with Crippen molar-refractivity contribution in [3.63, 3.8) is 0 Å². The Labute approximate surface area is 222 Å². The highest BCUT2D eigenvalue weighted by atomic mass is 19.1. The molecule has 3 aromatic carbocycles. The van der Waals surface area contributed by atoms with Gasteiger partial charge in [-0.2, -0.15) is 0 Å². The molecule has 0 saturated carbocycles. The average molecular weight is 516 g/mol. The number of rotatable bonds is 8. The standard InChI is InChI=1S/C31H34FN3O3/c1-21-4-8-26(9-5-21)35-22(2)31(23(3)36)29-18-28(12-13-30(29)35)38-20-27(37)19-33-14-16-34(17-15-33)25-10-6-24(32)7-11-25/h4-13,18,27,37H,14-17,19-20H2,1-3H3/t27-/m0/s1. The minimum atomic E-state index is -0.644. The van der Waals surface area contributed by atoms with Crippen LogP contribution in [0, 0.1) is 19.7 Å². The number of aryl methyl sites for hydroxylation is 1. The molecule has 1 saturated heterocycles. The van der Waals surface area contributed by atoms with Crippen LogP contribution in [0.25, 0.3) is 16.6 Å². The van der Waals surface area contributed by atoms with Crippen molar-refractivity contribution in [2.75, 3.05) is 44.2 Å². The molecule has 5 rings (SSSR count). The first-order valence-electron chi connectivity index (χ1n) is 13.1. The van der Waals surface area contributed by atoms with Crippen molar-refractivity contribution in [1.29, 1.82) is 0 Å². The lowest BCUT2D eigenvalue weighted by molar-refractivity contribution is 0.0663. The second-order valence-corrected chi connectivity index (χ2v) is 10.1. The number of carbonyl (C=O) groups excluding carboxylic acids is 1. The molecule has 0 radical (unpaired) electrons. The number of fused-ring (bicyclic) bond motifs is 1. The van der Waals surface area contributed by atoms with E-state index in [1.54, 1.807) is 19.1 Å². The van der Waals surface area contributed by atoms with E-state index >= 15 is 0 Å². The van der Waals surface area contributed by atoms with Gasteiger partial charge in [0.1, 0.15) is 24.3 Å². The molecule has 38 heavy (non-hydrogen) atoms. The lowest BCUT2D eigenvalue weighted by atomic mass is 10.1. The number of ketones is 1. The SMILES string of the molecule is CC(=O)c1c(C)n(-c2ccc(C)cc2)c2ccc(OC[C@@H](O)CN3CCN(c4ccc(F)cc4)CC3)cc12. The lowest BCUT2D eigenvalue weighted by Crippen LogP contribution is -2.49. The molecule has 0 unspecified atom stereocenters. The summed E-state index contributed by atoms with van der Waals surface area (Å²) in [6, 6.07) is 20.6. The van der Waals surface area contributed by atoms with Gasteiger partial charge in [0.05, 0.1) is 5.52 Å². The monoisotopic (exact) mass is 515 g/mol. The fraction of sp³-hybridized carbons (Fsp3) is 0.323. The fourth-order valence-corrected chi connectivity index (χ4v) is 5.34. The highest BCUT2D eigenvalue weighted by molar-refractivity contribution is 6.09. The van der Waals surface area contributed by atoms with E-state index in [0.717, 1.165) is 54.2 Å². The van der Waals surface area contributed by atoms with Crippen LogP contribution in [0.15, 0.2) is 66.7 Å². The van der Waals surface area contributed by atoms with Gasteiger partial charge in [-0.3, -0.25) is 9.69 Å². The summed E-state index contributed by atoms with van der Waals surface area (Å²) in [5.74, 6) is 0.405. The van der Waals surface area contributed by atoms with Gasteiger partial charge in [-0.1, -0.05) is 17.7 Å². The van der Waals surface area contributed by atoms with Crippen LogP contribution >= 0.6 is 0 Å². The molecule has 7 heteroatoms. The Bertz CT molecular complexity index is 1420. The van der Waals surface area contributed by atoms with E-state index in [9.17, 15) is 14.3 Å². The highest BCUT2D eigenvalue weighted by Crippen LogP contribution is 2.32. The third kappa shape index (κ3) is 5.44. The predicted octanol–water partition coefficient (Wildman–Crippen LogP) is 5.15. The van der Waals surface area contributed by atoms with E-state index in [2.05, 4.69) is 45.6 Å². The van der Waals surface area contributed by atoms with Crippen LogP contribution in [0.5, 0.6) is 5.75 Å². The van der Waals surface area contributed by atoms with Gasteiger partial charge < -0.3 is 19.3 Å². The third-order valence-electron chi connectivity index (χ3n) is 7.30. The summed E-state index contributed by atoms with van der Waals surface area (Å²) in [6.07, 6.45) is -0.644. The maximum atomic E-state index is 13.2. The van der Waals surface area contributed by atoms with E-state index in [1.165, 1.54) is 17.7 Å². The van der Waals surface area contributed by atoms with Crippen molar-refractivity contribution in [2.24, 2.45) is 0 Å². The molecule has 1 N–H and O–H groups in total. The van der Waals surface area contributed by atoms with E-state index < -0.39 is 6.10 Å². The Balaban J connectivity index is 1.23. The molecule has 2 heterocycles. The quantitative estimate of drug-likeness (QED) is 0.329. The Morgan fingerprint density at radius 3 is 2.26 bits per heavy atom. The Hall–Kier alpha value is -3.68. The number of anilines is 1. The molecule has 1 fully saturated rings.